The molecule has 1 N–H and O–H groups in total. The predicted octanol–water partition coefficient (Wildman–Crippen LogP) is -1.01. The van der Waals surface area contributed by atoms with Crippen LogP contribution in [0.1, 0.15) is 12.8 Å². The number of amides is 1. The molecule has 4 rings (SSSR count). The van der Waals surface area contributed by atoms with E-state index in [-0.39, 0.29) is 11.1 Å². The molecule has 1 aliphatic rings. The van der Waals surface area contributed by atoms with Gasteiger partial charge >= 0.3 is 0 Å². The molecule has 0 aromatic carbocycles. The molecule has 0 radical (unpaired) electrons. The Kier molecular flexibility index (Phi) is 4.97. The van der Waals surface area contributed by atoms with Crippen molar-refractivity contribution in [3.05, 3.63) is 36.9 Å². The van der Waals surface area contributed by atoms with Crippen LogP contribution in [-0.4, -0.2) is 73.7 Å². The van der Waals surface area contributed by atoms with Crippen molar-refractivity contribution in [2.75, 3.05) is 25.0 Å². The van der Waals surface area contributed by atoms with Crippen molar-refractivity contribution in [3.8, 4) is 11.1 Å². The second kappa shape index (κ2) is 7.43. The molecule has 10 heteroatoms. The average molecular weight is 372 g/mol. The molecule has 1 aliphatic heterocycles. The van der Waals surface area contributed by atoms with Crippen LogP contribution in [-0.2, 0) is 10.0 Å². The maximum absolute atomic E-state index is 12.3. The van der Waals surface area contributed by atoms with Crippen LogP contribution in [0.5, 0.6) is 0 Å². The molecule has 0 bridgehead atoms. The SMILES string of the molecule is BC(B)(B)n1cc(-c2cnc3cnc(NC(=O)CN4CCCC4)cc3c2)cn1. The van der Waals surface area contributed by atoms with Crippen LogP contribution in [0, 0.1) is 0 Å². The molecular weight excluding hydrogens is 349 g/mol. The van der Waals surface area contributed by atoms with Crippen molar-refractivity contribution in [3.63, 3.8) is 0 Å². The molecule has 0 spiro atoms. The third-order valence-electron chi connectivity index (χ3n) is 5.00. The van der Waals surface area contributed by atoms with Crippen LogP contribution in [0.4, 0.5) is 5.82 Å². The molecule has 4 heterocycles. The minimum absolute atomic E-state index is 0.0238. The first-order chi connectivity index (χ1) is 13.4. The zero-order valence-corrected chi connectivity index (χ0v) is 16.6. The second-order valence-electron chi connectivity index (χ2n) is 8.36. The number of pyridine rings is 2. The summed E-state index contributed by atoms with van der Waals surface area (Å²) in [6.45, 7) is 2.41. The standard InChI is InChI=1S/C18H23B3N6O/c19-18(20,21)27-10-14(8-24-27)13-5-12-6-16(23-9-15(12)22-7-13)25-17(28)11-26-3-1-2-4-26/h5-10H,1-4,11,19-21H2,(H,23,25,28). The summed E-state index contributed by atoms with van der Waals surface area (Å²) in [7, 11) is 6.35. The quantitative estimate of drug-likeness (QED) is 0.582. The number of hydrogen-bond donors (Lipinski definition) is 1. The van der Waals surface area contributed by atoms with Crippen LogP contribution in [0.15, 0.2) is 36.9 Å². The van der Waals surface area contributed by atoms with Gasteiger partial charge in [0.2, 0.25) is 5.91 Å². The van der Waals surface area contributed by atoms with Crippen molar-refractivity contribution >= 4 is 46.2 Å². The monoisotopic (exact) mass is 372 g/mol. The van der Waals surface area contributed by atoms with E-state index in [4.69, 9.17) is 0 Å². The van der Waals surface area contributed by atoms with Gasteiger partial charge in [-0.15, -0.1) is 0 Å². The Bertz CT molecular complexity index is 1010. The number of nitrogens with one attached hydrogen (secondary N) is 1. The van der Waals surface area contributed by atoms with Gasteiger partial charge in [-0.1, -0.05) is 0 Å². The van der Waals surface area contributed by atoms with Gasteiger partial charge in [0.05, 0.1) is 24.5 Å². The molecule has 1 amide bonds. The average Bonchev–Trinajstić information content (AvgIpc) is 3.32. The lowest BCUT2D eigenvalue weighted by molar-refractivity contribution is -0.117. The van der Waals surface area contributed by atoms with E-state index in [1.165, 1.54) is 12.8 Å². The second-order valence-corrected chi connectivity index (χ2v) is 8.36. The number of carbonyl (C=O) groups is 1. The zero-order valence-electron chi connectivity index (χ0n) is 16.6. The summed E-state index contributed by atoms with van der Waals surface area (Å²) in [6, 6.07) is 3.94. The number of anilines is 1. The van der Waals surface area contributed by atoms with E-state index in [9.17, 15) is 4.79 Å². The number of carbonyl (C=O) groups excluding carboxylic acids is 1. The van der Waals surface area contributed by atoms with Gasteiger partial charge in [-0.25, -0.2) is 4.98 Å². The molecule has 7 nitrogen and oxygen atoms in total. The summed E-state index contributed by atoms with van der Waals surface area (Å²) in [5, 5.41) is 8.24. The Labute approximate surface area is 167 Å². The van der Waals surface area contributed by atoms with E-state index >= 15 is 0 Å². The summed E-state index contributed by atoms with van der Waals surface area (Å²) in [5.41, 5.74) is 2.80. The minimum Gasteiger partial charge on any atom is -0.310 e. The van der Waals surface area contributed by atoms with Crippen molar-refractivity contribution in [1.29, 1.82) is 0 Å². The van der Waals surface area contributed by atoms with Gasteiger partial charge in [-0.3, -0.25) is 19.4 Å². The highest BCUT2D eigenvalue weighted by Crippen LogP contribution is 2.24. The Balaban J connectivity index is 1.55. The van der Waals surface area contributed by atoms with Crippen molar-refractivity contribution in [2.45, 2.75) is 18.1 Å². The largest absolute Gasteiger partial charge is 0.310 e. The van der Waals surface area contributed by atoms with Crippen LogP contribution >= 0.6 is 0 Å². The first-order valence-corrected chi connectivity index (χ1v) is 9.72. The van der Waals surface area contributed by atoms with Crippen LogP contribution in [0.3, 0.4) is 0 Å². The maximum Gasteiger partial charge on any atom is 0.239 e. The van der Waals surface area contributed by atoms with E-state index < -0.39 is 0 Å². The van der Waals surface area contributed by atoms with Gasteiger partial charge in [0.25, 0.3) is 0 Å². The first kappa shape index (κ1) is 18.7. The molecule has 1 saturated heterocycles. The molecule has 140 valence electrons. The van der Waals surface area contributed by atoms with Crippen LogP contribution in [0.2, 0.25) is 0 Å². The fourth-order valence-electron chi connectivity index (χ4n) is 3.42. The fourth-order valence-corrected chi connectivity index (χ4v) is 3.42. The maximum atomic E-state index is 12.3. The van der Waals surface area contributed by atoms with Gasteiger partial charge in [0, 0.05) is 28.9 Å². The number of nitrogens with zero attached hydrogens (tertiary/aromatic N) is 5. The van der Waals surface area contributed by atoms with Gasteiger partial charge in [0.15, 0.2) is 0 Å². The highest BCUT2D eigenvalue weighted by Gasteiger charge is 2.17. The topological polar surface area (TPSA) is 75.9 Å². The predicted molar refractivity (Wildman–Crippen MR) is 119 cm³/mol. The fraction of sp³-hybridized carbons (Fsp3) is 0.333. The number of likely N-dealkylation sites (tertiary alicyclic amines) is 1. The number of aromatic nitrogens is 4. The van der Waals surface area contributed by atoms with E-state index in [0.29, 0.717) is 12.4 Å². The first-order valence-electron chi connectivity index (χ1n) is 9.72. The molecule has 3 aromatic rings. The Morgan fingerprint density at radius 2 is 1.86 bits per heavy atom. The lowest BCUT2D eigenvalue weighted by atomic mass is 9.49. The van der Waals surface area contributed by atoms with E-state index in [0.717, 1.165) is 35.1 Å². The molecule has 28 heavy (non-hydrogen) atoms. The van der Waals surface area contributed by atoms with Gasteiger partial charge in [0.1, 0.15) is 29.4 Å². The smallest absolute Gasteiger partial charge is 0.239 e. The molecular formula is C18H23B3N6O. The Morgan fingerprint density at radius 3 is 2.57 bits per heavy atom. The zero-order chi connectivity index (χ0) is 19.7. The number of fused-ring (bicyclic) bond motifs is 1. The van der Waals surface area contributed by atoms with E-state index in [2.05, 4.69) is 54.9 Å². The molecule has 0 unspecified atom stereocenters. The Hall–Kier alpha value is -2.61. The highest BCUT2D eigenvalue weighted by molar-refractivity contribution is 6.56. The van der Waals surface area contributed by atoms with E-state index in [1.54, 1.807) is 6.20 Å². The van der Waals surface area contributed by atoms with Crippen molar-refractivity contribution < 1.29 is 4.79 Å². The summed E-state index contributed by atoms with van der Waals surface area (Å²) >= 11 is 0. The third-order valence-corrected chi connectivity index (χ3v) is 5.00. The molecule has 0 saturated carbocycles. The normalized spacial score (nSPS) is 15.1. The van der Waals surface area contributed by atoms with Crippen LogP contribution < -0.4 is 5.32 Å². The summed E-state index contributed by atoms with van der Waals surface area (Å²) < 4.78 is 1.95. The van der Waals surface area contributed by atoms with Crippen molar-refractivity contribution in [2.24, 2.45) is 0 Å². The van der Waals surface area contributed by atoms with Crippen molar-refractivity contribution in [1.82, 2.24) is 24.6 Å². The summed E-state index contributed by atoms with van der Waals surface area (Å²) in [4.78, 5) is 23.3. The number of hydrogen-bond acceptors (Lipinski definition) is 5. The van der Waals surface area contributed by atoms with E-state index in [1.807, 2.05) is 29.3 Å². The minimum atomic E-state index is -0.0702. The molecule has 0 aliphatic carbocycles. The Morgan fingerprint density at radius 1 is 1.07 bits per heavy atom. The lowest BCUT2D eigenvalue weighted by Gasteiger charge is -2.18. The number of rotatable bonds is 5. The molecule has 0 atom stereocenters. The summed E-state index contributed by atoms with van der Waals surface area (Å²) in [5.74, 6) is 0.533. The van der Waals surface area contributed by atoms with Crippen LogP contribution in [0.25, 0.3) is 22.0 Å². The molecule has 1 fully saturated rings. The van der Waals surface area contributed by atoms with Gasteiger partial charge in [-0.2, -0.15) is 5.10 Å². The third kappa shape index (κ3) is 4.12. The van der Waals surface area contributed by atoms with Gasteiger partial charge in [-0.05, 0) is 43.3 Å². The lowest BCUT2D eigenvalue weighted by Crippen LogP contribution is -2.35. The highest BCUT2D eigenvalue weighted by atomic mass is 16.2. The molecule has 3 aromatic heterocycles. The summed E-state index contributed by atoms with van der Waals surface area (Å²) in [6.07, 6.45) is 9.75. The van der Waals surface area contributed by atoms with Gasteiger partial charge < -0.3 is 5.32 Å².